The third-order valence-electron chi connectivity index (χ3n) is 5.93. The predicted octanol–water partition coefficient (Wildman–Crippen LogP) is 2.71. The maximum atomic E-state index is 12.7. The van der Waals surface area contributed by atoms with Crippen molar-refractivity contribution in [1.82, 2.24) is 20.1 Å². The number of nitrogens with two attached hydrogens (primary N) is 1. The predicted molar refractivity (Wildman–Crippen MR) is 125 cm³/mol. The molecule has 33 heavy (non-hydrogen) atoms. The molecule has 3 amide bonds. The van der Waals surface area contributed by atoms with Gasteiger partial charge in [-0.15, -0.1) is 0 Å². The van der Waals surface area contributed by atoms with Gasteiger partial charge in [-0.1, -0.05) is 18.2 Å². The molecule has 5 N–H and O–H groups in total. The molecule has 0 saturated heterocycles. The molecule has 1 aliphatic heterocycles. The lowest BCUT2D eigenvalue weighted by Gasteiger charge is -2.26. The van der Waals surface area contributed by atoms with Crippen LogP contribution in [0, 0.1) is 6.92 Å². The van der Waals surface area contributed by atoms with Gasteiger partial charge in [0, 0.05) is 46.8 Å². The molecule has 0 atom stereocenters. The van der Waals surface area contributed by atoms with Gasteiger partial charge in [0.2, 0.25) is 0 Å². The van der Waals surface area contributed by atoms with Crippen molar-refractivity contribution in [3.63, 3.8) is 0 Å². The standard InChI is InChI=1S/C24H22N6O3/c1-13-2-4-16-18(12-26-20(16)10-13)14-6-8-30(9-7-14)24(33)23(32)27-15-3-5-19-17(11-15)21(22(25)31)29-28-19/h2-6,10-12,26H,7-9H2,1H3,(H2,25,31)(H,27,32)(H,28,29). The summed E-state index contributed by atoms with van der Waals surface area (Å²) in [5.74, 6) is -2.03. The van der Waals surface area contributed by atoms with E-state index in [0.717, 1.165) is 22.0 Å². The highest BCUT2D eigenvalue weighted by Gasteiger charge is 2.25. The van der Waals surface area contributed by atoms with E-state index >= 15 is 0 Å². The number of hydrogen-bond acceptors (Lipinski definition) is 4. The van der Waals surface area contributed by atoms with Crippen LogP contribution in [0.3, 0.4) is 0 Å². The minimum atomic E-state index is -0.738. The molecule has 9 nitrogen and oxygen atoms in total. The zero-order valence-corrected chi connectivity index (χ0v) is 17.9. The number of carbonyl (C=O) groups is 3. The van der Waals surface area contributed by atoms with E-state index in [-0.39, 0.29) is 5.69 Å². The summed E-state index contributed by atoms with van der Waals surface area (Å²) in [5.41, 5.74) is 10.9. The topological polar surface area (TPSA) is 137 Å². The number of primary amides is 1. The first kappa shape index (κ1) is 20.5. The SMILES string of the molecule is Cc1ccc2c(C3=CCN(C(=O)C(=O)Nc4ccc5[nH]nc(C(N)=O)c5c4)CC3)c[nH]c2c1. The smallest absolute Gasteiger partial charge is 0.313 e. The van der Waals surface area contributed by atoms with E-state index in [4.69, 9.17) is 5.73 Å². The zero-order chi connectivity index (χ0) is 23.1. The Morgan fingerprint density at radius 2 is 1.94 bits per heavy atom. The van der Waals surface area contributed by atoms with Gasteiger partial charge in [0.15, 0.2) is 5.69 Å². The molecule has 2 aromatic carbocycles. The van der Waals surface area contributed by atoms with Gasteiger partial charge >= 0.3 is 11.8 Å². The van der Waals surface area contributed by atoms with Crippen LogP contribution in [0.25, 0.3) is 27.4 Å². The van der Waals surface area contributed by atoms with Gasteiger partial charge in [-0.2, -0.15) is 5.10 Å². The number of aromatic nitrogens is 3. The molecule has 9 heteroatoms. The number of hydrogen-bond donors (Lipinski definition) is 4. The monoisotopic (exact) mass is 442 g/mol. The van der Waals surface area contributed by atoms with E-state index < -0.39 is 17.7 Å². The lowest BCUT2D eigenvalue weighted by atomic mass is 9.98. The van der Waals surface area contributed by atoms with E-state index in [1.807, 2.05) is 12.3 Å². The lowest BCUT2D eigenvalue weighted by Crippen LogP contribution is -2.41. The average Bonchev–Trinajstić information content (AvgIpc) is 3.42. The van der Waals surface area contributed by atoms with Gasteiger partial charge in [0.1, 0.15) is 0 Å². The lowest BCUT2D eigenvalue weighted by molar-refractivity contribution is -0.142. The molecule has 5 rings (SSSR count). The number of rotatable bonds is 3. The Morgan fingerprint density at radius 3 is 2.70 bits per heavy atom. The Kier molecular flexibility index (Phi) is 4.93. The minimum absolute atomic E-state index is 0.0774. The number of aryl methyl sites for hydroxylation is 1. The van der Waals surface area contributed by atoms with Crippen molar-refractivity contribution in [2.24, 2.45) is 5.73 Å². The fraction of sp³-hybridized carbons (Fsp3) is 0.167. The summed E-state index contributed by atoms with van der Waals surface area (Å²) in [6.07, 6.45) is 4.64. The van der Waals surface area contributed by atoms with Crippen molar-refractivity contribution >= 4 is 50.8 Å². The number of nitrogens with zero attached hydrogens (tertiary/aromatic N) is 2. The summed E-state index contributed by atoms with van der Waals surface area (Å²) in [4.78, 5) is 41.6. The summed E-state index contributed by atoms with van der Waals surface area (Å²) in [6, 6.07) is 11.1. The molecule has 0 aliphatic carbocycles. The van der Waals surface area contributed by atoms with Crippen LogP contribution in [0.5, 0.6) is 0 Å². The molecule has 4 aromatic rings. The zero-order valence-electron chi connectivity index (χ0n) is 17.9. The van der Waals surface area contributed by atoms with Crippen molar-refractivity contribution in [3.8, 4) is 0 Å². The molecular weight excluding hydrogens is 420 g/mol. The molecule has 0 radical (unpaired) electrons. The van der Waals surface area contributed by atoms with E-state index in [1.165, 1.54) is 10.5 Å². The van der Waals surface area contributed by atoms with Gasteiger partial charge in [0.05, 0.1) is 5.52 Å². The van der Waals surface area contributed by atoms with Crippen LogP contribution in [-0.2, 0) is 9.59 Å². The Labute approximate surface area is 188 Å². The van der Waals surface area contributed by atoms with Crippen molar-refractivity contribution in [3.05, 3.63) is 65.5 Å². The van der Waals surface area contributed by atoms with Crippen LogP contribution >= 0.6 is 0 Å². The number of aromatic amines is 2. The molecule has 166 valence electrons. The van der Waals surface area contributed by atoms with E-state index in [2.05, 4.69) is 45.6 Å². The van der Waals surface area contributed by atoms with Crippen LogP contribution in [0.1, 0.15) is 28.0 Å². The quantitative estimate of drug-likeness (QED) is 0.363. The fourth-order valence-corrected chi connectivity index (χ4v) is 4.21. The Morgan fingerprint density at radius 1 is 1.09 bits per heavy atom. The molecule has 1 aliphatic rings. The largest absolute Gasteiger partial charge is 0.364 e. The summed E-state index contributed by atoms with van der Waals surface area (Å²) >= 11 is 0. The number of nitrogens with one attached hydrogen (secondary N) is 3. The third kappa shape index (κ3) is 3.73. The van der Waals surface area contributed by atoms with Crippen molar-refractivity contribution in [2.45, 2.75) is 13.3 Å². The summed E-state index contributed by atoms with van der Waals surface area (Å²) in [5, 5.41) is 10.8. The normalized spacial score (nSPS) is 13.8. The fourth-order valence-electron chi connectivity index (χ4n) is 4.21. The highest BCUT2D eigenvalue weighted by Crippen LogP contribution is 2.30. The Balaban J connectivity index is 1.29. The Hall–Kier alpha value is -4.40. The highest BCUT2D eigenvalue weighted by atomic mass is 16.2. The average molecular weight is 442 g/mol. The maximum absolute atomic E-state index is 12.7. The van der Waals surface area contributed by atoms with Gasteiger partial charge in [-0.05, 0) is 48.7 Å². The first-order chi connectivity index (χ1) is 15.9. The maximum Gasteiger partial charge on any atom is 0.313 e. The van der Waals surface area contributed by atoms with Crippen LogP contribution < -0.4 is 11.1 Å². The molecular formula is C24H22N6O3. The number of H-pyrrole nitrogens is 2. The van der Waals surface area contributed by atoms with Crippen LogP contribution in [0.15, 0.2) is 48.7 Å². The van der Waals surface area contributed by atoms with Crippen LogP contribution in [0.4, 0.5) is 5.69 Å². The molecule has 0 bridgehead atoms. The Bertz CT molecular complexity index is 1460. The molecule has 0 fully saturated rings. The van der Waals surface area contributed by atoms with Crippen LogP contribution in [-0.4, -0.2) is 50.9 Å². The minimum Gasteiger partial charge on any atom is -0.364 e. The van der Waals surface area contributed by atoms with Crippen molar-refractivity contribution < 1.29 is 14.4 Å². The second kappa shape index (κ2) is 7.94. The second-order valence-corrected chi connectivity index (χ2v) is 8.13. The van der Waals surface area contributed by atoms with Gasteiger partial charge in [0.25, 0.3) is 5.91 Å². The van der Waals surface area contributed by atoms with Crippen molar-refractivity contribution in [2.75, 3.05) is 18.4 Å². The van der Waals surface area contributed by atoms with E-state index in [1.54, 1.807) is 18.2 Å². The van der Waals surface area contributed by atoms with Gasteiger partial charge < -0.3 is 20.9 Å². The molecule has 2 aromatic heterocycles. The van der Waals surface area contributed by atoms with Crippen molar-refractivity contribution in [1.29, 1.82) is 0 Å². The van der Waals surface area contributed by atoms with Gasteiger partial charge in [-0.25, -0.2) is 0 Å². The summed E-state index contributed by atoms with van der Waals surface area (Å²) < 4.78 is 0. The number of fused-ring (bicyclic) bond motifs is 2. The number of carbonyl (C=O) groups excluding carboxylic acids is 3. The number of anilines is 1. The summed E-state index contributed by atoms with van der Waals surface area (Å²) in [7, 11) is 0. The molecule has 3 heterocycles. The molecule has 0 unspecified atom stereocenters. The first-order valence-electron chi connectivity index (χ1n) is 10.6. The second-order valence-electron chi connectivity index (χ2n) is 8.13. The number of benzene rings is 2. The highest BCUT2D eigenvalue weighted by molar-refractivity contribution is 6.39. The first-order valence-corrected chi connectivity index (χ1v) is 10.6. The van der Waals surface area contributed by atoms with E-state index in [9.17, 15) is 14.4 Å². The molecule has 0 spiro atoms. The number of amides is 3. The molecule has 0 saturated carbocycles. The summed E-state index contributed by atoms with van der Waals surface area (Å²) in [6.45, 7) is 2.86. The third-order valence-corrected chi connectivity index (χ3v) is 5.93. The van der Waals surface area contributed by atoms with Crippen LogP contribution in [0.2, 0.25) is 0 Å². The van der Waals surface area contributed by atoms with Gasteiger partial charge in [-0.3, -0.25) is 19.5 Å². The van der Waals surface area contributed by atoms with E-state index in [0.29, 0.717) is 36.1 Å².